The van der Waals surface area contributed by atoms with E-state index in [-0.39, 0.29) is 16.4 Å². The Hall–Kier alpha value is -8.28. The van der Waals surface area contributed by atoms with Crippen molar-refractivity contribution < 1.29 is 4.42 Å². The van der Waals surface area contributed by atoms with Crippen LogP contribution in [0.1, 0.15) is 0 Å². The molecule has 0 bridgehead atoms. The fourth-order valence-corrected chi connectivity index (χ4v) is 11.1. The second-order valence-corrected chi connectivity index (χ2v) is 18.0. The molecule has 0 unspecified atom stereocenters. The molecular formula is C60H32B5N3O. The minimum atomic E-state index is 0.190. The van der Waals surface area contributed by atoms with Crippen LogP contribution in [0.2, 0.25) is 0 Å². The van der Waals surface area contributed by atoms with Crippen molar-refractivity contribution in [2.45, 2.75) is 0 Å². The number of hydrogen-bond donors (Lipinski definition) is 0. The number of benzene rings is 10. The second kappa shape index (κ2) is 14.9. The van der Waals surface area contributed by atoms with E-state index in [0.29, 0.717) is 16.5 Å². The third-order valence-corrected chi connectivity index (χ3v) is 14.3. The standard InChI is InChI=1S/C60H32B5N3O/c61-56-54(57(62)59(64)60(65)58(56)63)35-12-9-11-33(29-35)34-23-28-52-44(30-34)55-51(21-10-22-53(55)69-52)68-48-20-8-4-16-41(48)43-32-37(25-27-50(43)68)67-47-19-7-3-15-40(47)42-31-36(24-26-49(42)67)66-45-17-5-1-13-38(45)39-14-2-6-18-46(39)66/h1-32H. The number of fused-ring (bicyclic) bond motifs is 12. The van der Waals surface area contributed by atoms with E-state index >= 15 is 0 Å². The van der Waals surface area contributed by atoms with Crippen LogP contribution in [0.4, 0.5) is 0 Å². The molecule has 0 spiro atoms. The average Bonchev–Trinajstić information content (AvgIpc) is 4.13. The zero-order valence-corrected chi connectivity index (χ0v) is 37.1. The van der Waals surface area contributed by atoms with Gasteiger partial charge in [-0.25, -0.2) is 0 Å². The quantitative estimate of drug-likeness (QED) is 0.159. The molecule has 4 aromatic heterocycles. The average molecular weight is 865 g/mol. The van der Waals surface area contributed by atoms with Gasteiger partial charge in [0.25, 0.3) is 0 Å². The summed E-state index contributed by atoms with van der Waals surface area (Å²) >= 11 is 0. The summed E-state index contributed by atoms with van der Waals surface area (Å²) in [7, 11) is 31.7. The van der Waals surface area contributed by atoms with Gasteiger partial charge < -0.3 is 18.1 Å². The lowest BCUT2D eigenvalue weighted by Crippen LogP contribution is -2.55. The maximum absolute atomic E-state index is 6.60. The molecule has 10 aromatic carbocycles. The predicted molar refractivity (Wildman–Crippen MR) is 295 cm³/mol. The van der Waals surface area contributed by atoms with Crippen molar-refractivity contribution in [3.63, 3.8) is 0 Å². The van der Waals surface area contributed by atoms with Gasteiger partial charge in [0, 0.05) is 49.1 Å². The Bertz CT molecular complexity index is 4430. The largest absolute Gasteiger partial charge is 0.456 e. The van der Waals surface area contributed by atoms with E-state index in [9.17, 15) is 0 Å². The van der Waals surface area contributed by atoms with Crippen molar-refractivity contribution in [2.75, 3.05) is 0 Å². The summed E-state index contributed by atoms with van der Waals surface area (Å²) in [6, 6.07) is 69.2. The number of rotatable bonds is 5. The summed E-state index contributed by atoms with van der Waals surface area (Å²) in [5, 5.41) is 9.23. The molecule has 10 radical (unpaired) electrons. The number of aromatic nitrogens is 3. The van der Waals surface area contributed by atoms with Gasteiger partial charge in [0.15, 0.2) is 0 Å². The number of hydrogen-bond acceptors (Lipinski definition) is 1. The van der Waals surface area contributed by atoms with Crippen molar-refractivity contribution in [2.24, 2.45) is 0 Å². The fraction of sp³-hybridized carbons (Fsp3) is 0. The second-order valence-electron chi connectivity index (χ2n) is 18.0. The van der Waals surface area contributed by atoms with Crippen LogP contribution in [-0.4, -0.2) is 52.9 Å². The summed E-state index contributed by atoms with van der Waals surface area (Å²) in [4.78, 5) is 0. The minimum Gasteiger partial charge on any atom is -0.456 e. The Balaban J connectivity index is 0.932. The summed E-state index contributed by atoms with van der Waals surface area (Å²) < 4.78 is 13.8. The van der Waals surface area contributed by atoms with Gasteiger partial charge >= 0.3 is 0 Å². The number of para-hydroxylation sites is 4. The van der Waals surface area contributed by atoms with E-state index in [1.54, 1.807) is 0 Å². The molecular weight excluding hydrogens is 833 g/mol. The van der Waals surface area contributed by atoms with Gasteiger partial charge in [-0.3, -0.25) is 0 Å². The number of furan rings is 1. The Kier molecular flexibility index (Phi) is 8.58. The molecule has 0 aliphatic rings. The van der Waals surface area contributed by atoms with Crippen LogP contribution in [0.25, 0.3) is 127 Å². The topological polar surface area (TPSA) is 27.9 Å². The third kappa shape index (κ3) is 5.71. The maximum Gasteiger partial charge on any atom is 0.137 e. The van der Waals surface area contributed by atoms with Crippen LogP contribution in [0.15, 0.2) is 199 Å². The zero-order valence-electron chi connectivity index (χ0n) is 37.1. The Morgan fingerprint density at radius 3 is 1.32 bits per heavy atom. The lowest BCUT2D eigenvalue weighted by Gasteiger charge is -2.21. The fourth-order valence-electron chi connectivity index (χ4n) is 11.1. The first-order valence-electron chi connectivity index (χ1n) is 23.0. The van der Waals surface area contributed by atoms with Crippen LogP contribution < -0.4 is 27.3 Å². The smallest absolute Gasteiger partial charge is 0.137 e. The summed E-state index contributed by atoms with van der Waals surface area (Å²) in [5.74, 6) is 0. The minimum absolute atomic E-state index is 0.190. The molecule has 0 saturated carbocycles. The van der Waals surface area contributed by atoms with Gasteiger partial charge in [0.2, 0.25) is 0 Å². The van der Waals surface area contributed by atoms with Crippen molar-refractivity contribution in [3.05, 3.63) is 194 Å². The van der Waals surface area contributed by atoms with E-state index in [1.165, 1.54) is 32.6 Å². The molecule has 0 N–H and O–H groups in total. The first-order valence-corrected chi connectivity index (χ1v) is 23.0. The molecule has 0 amide bonds. The molecule has 0 saturated heterocycles. The molecule has 14 rings (SSSR count). The summed E-state index contributed by atoms with van der Waals surface area (Å²) in [6.07, 6.45) is 0. The molecule has 0 fully saturated rings. The van der Waals surface area contributed by atoms with Crippen molar-refractivity contribution in [1.29, 1.82) is 0 Å². The molecule has 14 aromatic rings. The Labute approximate surface area is 403 Å². The Morgan fingerprint density at radius 2 is 0.739 bits per heavy atom. The molecule has 4 nitrogen and oxygen atoms in total. The van der Waals surface area contributed by atoms with Gasteiger partial charge in [0.05, 0.1) is 44.2 Å². The van der Waals surface area contributed by atoms with Gasteiger partial charge in [0.1, 0.15) is 50.4 Å². The first kappa shape index (κ1) is 39.9. The van der Waals surface area contributed by atoms with Crippen molar-refractivity contribution >= 4 is 154 Å². The van der Waals surface area contributed by atoms with Crippen LogP contribution in [0, 0.1) is 0 Å². The van der Waals surface area contributed by atoms with E-state index in [4.69, 9.17) is 43.6 Å². The van der Waals surface area contributed by atoms with Crippen molar-refractivity contribution in [3.8, 4) is 39.3 Å². The SMILES string of the molecule is [B]c1c([B])c([B])c(-c2cccc(-c3ccc4oc5cccc(-n6c7ccccc7c7cc(-n8c9ccccc9c9cc(-n%10c%11ccccc%11c%11ccccc%11%10)ccc98)ccc76)c5c4c3)c2)c([B])c1[B]. The highest BCUT2D eigenvalue weighted by Crippen LogP contribution is 2.42. The van der Waals surface area contributed by atoms with Crippen LogP contribution in [-0.2, 0) is 0 Å². The zero-order chi connectivity index (χ0) is 46.2. The summed E-state index contributed by atoms with van der Waals surface area (Å²) in [5.41, 5.74) is 16.3. The molecule has 0 aliphatic carbocycles. The lowest BCUT2D eigenvalue weighted by molar-refractivity contribution is 0.669. The molecule has 4 heterocycles. The highest BCUT2D eigenvalue weighted by molar-refractivity contribution is 6.68. The van der Waals surface area contributed by atoms with Crippen LogP contribution in [0.5, 0.6) is 0 Å². The highest BCUT2D eigenvalue weighted by atomic mass is 16.3. The maximum atomic E-state index is 6.60. The van der Waals surface area contributed by atoms with E-state index in [1.807, 2.05) is 30.3 Å². The van der Waals surface area contributed by atoms with E-state index in [0.717, 1.165) is 88.5 Å². The molecule has 308 valence electrons. The van der Waals surface area contributed by atoms with Gasteiger partial charge in [-0.1, -0.05) is 114 Å². The van der Waals surface area contributed by atoms with Crippen LogP contribution >= 0.6 is 0 Å². The number of nitrogens with zero attached hydrogens (tertiary/aromatic N) is 3. The third-order valence-electron chi connectivity index (χ3n) is 14.3. The van der Waals surface area contributed by atoms with Gasteiger partial charge in [-0.05, 0) is 113 Å². The molecule has 0 atom stereocenters. The predicted octanol–water partition coefficient (Wildman–Crippen LogP) is 10.2. The van der Waals surface area contributed by atoms with E-state index in [2.05, 4.69) is 177 Å². The lowest BCUT2D eigenvalue weighted by atomic mass is 9.59. The summed E-state index contributed by atoms with van der Waals surface area (Å²) in [6.45, 7) is 0. The highest BCUT2D eigenvalue weighted by Gasteiger charge is 2.22. The Morgan fingerprint density at radius 1 is 0.290 bits per heavy atom. The molecule has 9 heteroatoms. The monoisotopic (exact) mass is 865 g/mol. The molecule has 69 heavy (non-hydrogen) atoms. The molecule has 0 aliphatic heterocycles. The normalized spacial score (nSPS) is 12.1. The van der Waals surface area contributed by atoms with Gasteiger partial charge in [-0.2, -0.15) is 0 Å². The van der Waals surface area contributed by atoms with Crippen molar-refractivity contribution in [1.82, 2.24) is 13.7 Å². The first-order chi connectivity index (χ1) is 33.8. The van der Waals surface area contributed by atoms with Crippen LogP contribution in [0.3, 0.4) is 0 Å². The van der Waals surface area contributed by atoms with Gasteiger partial charge in [-0.15, -0.1) is 16.4 Å². The van der Waals surface area contributed by atoms with E-state index < -0.39 is 0 Å².